The minimum atomic E-state index is -0.0623. The highest BCUT2D eigenvalue weighted by atomic mass is 16.3. The van der Waals surface area contributed by atoms with E-state index < -0.39 is 0 Å². The summed E-state index contributed by atoms with van der Waals surface area (Å²) in [7, 11) is 0. The first kappa shape index (κ1) is 18.2. The van der Waals surface area contributed by atoms with Crippen molar-refractivity contribution in [1.82, 2.24) is 4.90 Å². The van der Waals surface area contributed by atoms with E-state index in [1.54, 1.807) is 0 Å². The zero-order valence-electron chi connectivity index (χ0n) is 16.5. The fraction of sp³-hybridized carbons (Fsp3) is 0.591. The van der Waals surface area contributed by atoms with Crippen molar-refractivity contribution in [3.05, 3.63) is 35.6 Å². The molecule has 0 aliphatic carbocycles. The van der Waals surface area contributed by atoms with Gasteiger partial charge in [-0.05, 0) is 52.3 Å². The van der Waals surface area contributed by atoms with Crippen molar-refractivity contribution in [3.8, 4) is 0 Å². The van der Waals surface area contributed by atoms with Crippen molar-refractivity contribution in [2.75, 3.05) is 13.1 Å². The molecule has 2 aromatic rings. The molecule has 0 N–H and O–H groups in total. The van der Waals surface area contributed by atoms with Gasteiger partial charge < -0.3 is 4.42 Å². The van der Waals surface area contributed by atoms with Gasteiger partial charge in [-0.3, -0.25) is 9.69 Å². The van der Waals surface area contributed by atoms with Gasteiger partial charge in [0.2, 0.25) is 0 Å². The molecule has 2 heterocycles. The molecule has 1 fully saturated rings. The fourth-order valence-corrected chi connectivity index (χ4v) is 3.65. The number of carbonyl (C=O) groups excluding carboxylic acids is 1. The predicted octanol–water partition coefficient (Wildman–Crippen LogP) is 5.42. The van der Waals surface area contributed by atoms with Crippen molar-refractivity contribution in [3.63, 3.8) is 0 Å². The van der Waals surface area contributed by atoms with E-state index in [1.165, 1.54) is 0 Å². The molecular formula is C22H31NO2. The highest BCUT2D eigenvalue weighted by molar-refractivity contribution is 6.07. The van der Waals surface area contributed by atoms with E-state index in [9.17, 15) is 4.79 Å². The summed E-state index contributed by atoms with van der Waals surface area (Å²) in [6, 6.07) is 8.01. The third-order valence-corrected chi connectivity index (χ3v) is 5.29. The SMILES string of the molecule is CC(C)(C)c1cc2cccc(C(=O)[C@@H]3CCCN(C(C)(C)C)C3)c2o1. The van der Waals surface area contributed by atoms with Crippen LogP contribution in [-0.4, -0.2) is 29.3 Å². The maximum absolute atomic E-state index is 13.3. The van der Waals surface area contributed by atoms with E-state index in [4.69, 9.17) is 4.42 Å². The number of hydrogen-bond acceptors (Lipinski definition) is 3. The third-order valence-electron chi connectivity index (χ3n) is 5.29. The molecule has 0 amide bonds. The topological polar surface area (TPSA) is 33.5 Å². The van der Waals surface area contributed by atoms with Crippen LogP contribution < -0.4 is 0 Å². The second kappa shape index (κ2) is 6.28. The standard InChI is InChI=1S/C22H31NO2/c1-21(2,3)18-13-15-9-7-11-17(20(15)25-18)19(24)16-10-8-12-23(14-16)22(4,5)6/h7,9,11,13,16H,8,10,12,14H2,1-6H3/t16-/m1/s1. The molecule has 1 atom stereocenters. The Morgan fingerprint density at radius 1 is 1.16 bits per heavy atom. The highest BCUT2D eigenvalue weighted by Crippen LogP contribution is 2.33. The predicted molar refractivity (Wildman–Crippen MR) is 103 cm³/mol. The van der Waals surface area contributed by atoms with E-state index in [1.807, 2.05) is 18.2 Å². The van der Waals surface area contributed by atoms with E-state index in [0.29, 0.717) is 0 Å². The number of furan rings is 1. The zero-order valence-corrected chi connectivity index (χ0v) is 16.5. The van der Waals surface area contributed by atoms with Crippen LogP contribution >= 0.6 is 0 Å². The van der Waals surface area contributed by atoms with Gasteiger partial charge in [0.15, 0.2) is 5.78 Å². The minimum absolute atomic E-state index is 0.0572. The van der Waals surface area contributed by atoms with Crippen molar-refractivity contribution in [2.24, 2.45) is 5.92 Å². The number of fused-ring (bicyclic) bond motifs is 1. The van der Waals surface area contributed by atoms with Crippen LogP contribution in [0.15, 0.2) is 28.7 Å². The monoisotopic (exact) mass is 341 g/mol. The number of Topliss-reactive ketones (excluding diaryl/α,β-unsaturated/α-hetero) is 1. The van der Waals surface area contributed by atoms with Gasteiger partial charge in [0, 0.05) is 28.8 Å². The Morgan fingerprint density at radius 2 is 1.88 bits per heavy atom. The molecule has 1 aliphatic rings. The number of carbonyl (C=O) groups is 1. The fourth-order valence-electron chi connectivity index (χ4n) is 3.65. The van der Waals surface area contributed by atoms with Crippen LogP contribution in [0.2, 0.25) is 0 Å². The zero-order chi connectivity index (χ0) is 18.4. The number of hydrogen-bond donors (Lipinski definition) is 0. The van der Waals surface area contributed by atoms with Crippen LogP contribution in [0.3, 0.4) is 0 Å². The van der Waals surface area contributed by atoms with Crippen molar-refractivity contribution in [2.45, 2.75) is 65.3 Å². The summed E-state index contributed by atoms with van der Waals surface area (Å²) in [4.78, 5) is 15.7. The van der Waals surface area contributed by atoms with Crippen molar-refractivity contribution < 1.29 is 9.21 Å². The van der Waals surface area contributed by atoms with Gasteiger partial charge in [-0.2, -0.15) is 0 Å². The van der Waals surface area contributed by atoms with Crippen LogP contribution in [-0.2, 0) is 5.41 Å². The van der Waals surface area contributed by atoms with Gasteiger partial charge in [-0.1, -0.05) is 32.9 Å². The average Bonchev–Trinajstić information content (AvgIpc) is 2.98. The highest BCUT2D eigenvalue weighted by Gasteiger charge is 2.33. The van der Waals surface area contributed by atoms with E-state index in [2.05, 4.69) is 52.5 Å². The smallest absolute Gasteiger partial charge is 0.170 e. The number of nitrogens with zero attached hydrogens (tertiary/aromatic N) is 1. The lowest BCUT2D eigenvalue weighted by atomic mass is 9.87. The quantitative estimate of drug-likeness (QED) is 0.684. The largest absolute Gasteiger partial charge is 0.460 e. The molecule has 0 spiro atoms. The summed E-state index contributed by atoms with van der Waals surface area (Å²) in [6.07, 6.45) is 2.05. The van der Waals surface area contributed by atoms with Gasteiger partial charge in [0.25, 0.3) is 0 Å². The lowest BCUT2D eigenvalue weighted by Crippen LogP contribution is -2.48. The molecule has 25 heavy (non-hydrogen) atoms. The van der Waals surface area contributed by atoms with Gasteiger partial charge in [0.05, 0.1) is 5.56 Å². The Kier molecular flexibility index (Phi) is 4.57. The molecular weight excluding hydrogens is 310 g/mol. The molecule has 0 unspecified atom stereocenters. The maximum Gasteiger partial charge on any atom is 0.170 e. The molecule has 1 aromatic carbocycles. The number of benzene rings is 1. The summed E-state index contributed by atoms with van der Waals surface area (Å²) in [5.74, 6) is 1.22. The van der Waals surface area contributed by atoms with Gasteiger partial charge >= 0.3 is 0 Å². The van der Waals surface area contributed by atoms with Gasteiger partial charge in [0.1, 0.15) is 11.3 Å². The van der Waals surface area contributed by atoms with E-state index in [-0.39, 0.29) is 22.7 Å². The normalized spacial score (nSPS) is 20.2. The number of ketones is 1. The second-order valence-corrected chi connectivity index (χ2v) is 9.40. The van der Waals surface area contributed by atoms with Crippen molar-refractivity contribution >= 4 is 16.8 Å². The molecule has 1 aliphatic heterocycles. The minimum Gasteiger partial charge on any atom is -0.460 e. The molecule has 3 heteroatoms. The van der Waals surface area contributed by atoms with Gasteiger partial charge in [-0.25, -0.2) is 0 Å². The Morgan fingerprint density at radius 3 is 2.52 bits per heavy atom. The number of likely N-dealkylation sites (tertiary alicyclic amines) is 1. The molecule has 0 saturated carbocycles. The molecule has 0 radical (unpaired) electrons. The molecule has 1 saturated heterocycles. The Balaban J connectivity index is 1.93. The maximum atomic E-state index is 13.3. The van der Waals surface area contributed by atoms with E-state index >= 15 is 0 Å². The second-order valence-electron chi connectivity index (χ2n) is 9.40. The first-order valence-electron chi connectivity index (χ1n) is 9.39. The number of para-hydroxylation sites is 1. The average molecular weight is 341 g/mol. The molecule has 3 rings (SSSR count). The summed E-state index contributed by atoms with van der Waals surface area (Å²) >= 11 is 0. The van der Waals surface area contributed by atoms with Crippen LogP contribution in [0.5, 0.6) is 0 Å². The van der Waals surface area contributed by atoms with Gasteiger partial charge in [-0.15, -0.1) is 0 Å². The third kappa shape index (κ3) is 3.67. The molecule has 1 aromatic heterocycles. The van der Waals surface area contributed by atoms with E-state index in [0.717, 1.165) is 48.2 Å². The van der Waals surface area contributed by atoms with Crippen LogP contribution in [0.4, 0.5) is 0 Å². The molecule has 136 valence electrons. The Labute approximate surface area is 151 Å². The van der Waals surface area contributed by atoms with Crippen LogP contribution in [0, 0.1) is 5.92 Å². The summed E-state index contributed by atoms with van der Waals surface area (Å²) in [5, 5.41) is 1.03. The lowest BCUT2D eigenvalue weighted by molar-refractivity contribution is 0.0617. The summed E-state index contributed by atoms with van der Waals surface area (Å²) in [5.41, 5.74) is 1.54. The Hall–Kier alpha value is -1.61. The molecule has 0 bridgehead atoms. The first-order chi connectivity index (χ1) is 11.6. The summed E-state index contributed by atoms with van der Waals surface area (Å²) < 4.78 is 6.14. The summed E-state index contributed by atoms with van der Waals surface area (Å²) in [6.45, 7) is 15.0. The lowest BCUT2D eigenvalue weighted by Gasteiger charge is -2.41. The Bertz CT molecular complexity index is 773. The van der Waals surface area contributed by atoms with Crippen LogP contribution in [0.1, 0.15) is 70.5 Å². The van der Waals surface area contributed by atoms with Crippen molar-refractivity contribution in [1.29, 1.82) is 0 Å². The molecule has 3 nitrogen and oxygen atoms in total. The number of piperidine rings is 1. The first-order valence-corrected chi connectivity index (χ1v) is 9.39. The number of rotatable bonds is 2. The van der Waals surface area contributed by atoms with Crippen LogP contribution in [0.25, 0.3) is 11.0 Å².